The zero-order valence-corrected chi connectivity index (χ0v) is 13.9. The lowest BCUT2D eigenvalue weighted by Gasteiger charge is -2.32. The highest BCUT2D eigenvalue weighted by molar-refractivity contribution is 5.37. The minimum Gasteiger partial charge on any atom is -0.492 e. The Morgan fingerprint density at radius 2 is 1.95 bits per heavy atom. The summed E-state index contributed by atoms with van der Waals surface area (Å²) in [4.78, 5) is 4.86. The van der Waals surface area contributed by atoms with Crippen molar-refractivity contribution in [1.29, 1.82) is 0 Å². The predicted octanol–water partition coefficient (Wildman–Crippen LogP) is 1.90. The fourth-order valence-electron chi connectivity index (χ4n) is 2.63. The number of nitrogens with zero attached hydrogens (tertiary/aromatic N) is 2. The van der Waals surface area contributed by atoms with E-state index in [9.17, 15) is 0 Å². The number of hydrogen-bond donors (Lipinski definition) is 1. The summed E-state index contributed by atoms with van der Waals surface area (Å²) in [5, 5.41) is 3.27. The molecule has 118 valence electrons. The highest BCUT2D eigenvalue weighted by Crippen LogP contribution is 2.22. The van der Waals surface area contributed by atoms with E-state index in [1.165, 1.54) is 11.1 Å². The Morgan fingerprint density at radius 3 is 2.57 bits per heavy atom. The summed E-state index contributed by atoms with van der Waals surface area (Å²) in [7, 11) is 4.17. The number of likely N-dealkylation sites (N-methyl/N-ethyl adjacent to an activating group) is 1. The van der Waals surface area contributed by atoms with Gasteiger partial charge < -0.3 is 15.0 Å². The van der Waals surface area contributed by atoms with Crippen molar-refractivity contribution >= 4 is 0 Å². The molecular weight excluding hydrogens is 262 g/mol. The molecule has 1 fully saturated rings. The van der Waals surface area contributed by atoms with Crippen LogP contribution in [0, 0.1) is 6.92 Å². The van der Waals surface area contributed by atoms with Crippen LogP contribution < -0.4 is 10.1 Å². The van der Waals surface area contributed by atoms with E-state index in [4.69, 9.17) is 4.74 Å². The van der Waals surface area contributed by atoms with Gasteiger partial charge in [0.2, 0.25) is 0 Å². The molecule has 0 spiro atoms. The molecule has 1 aromatic rings. The zero-order valence-electron chi connectivity index (χ0n) is 13.9. The van der Waals surface area contributed by atoms with Crippen molar-refractivity contribution in [2.45, 2.75) is 19.9 Å². The second-order valence-corrected chi connectivity index (χ2v) is 6.03. The van der Waals surface area contributed by atoms with Gasteiger partial charge >= 0.3 is 0 Å². The lowest BCUT2D eigenvalue weighted by Crippen LogP contribution is -2.45. The van der Waals surface area contributed by atoms with Crippen molar-refractivity contribution in [3.8, 4) is 5.75 Å². The molecule has 0 saturated carbocycles. The van der Waals surface area contributed by atoms with Crippen LogP contribution >= 0.6 is 0 Å². The maximum atomic E-state index is 5.96. The molecular formula is C17H29N3O. The molecule has 0 aliphatic carbocycles. The summed E-state index contributed by atoms with van der Waals surface area (Å²) in [6, 6.07) is 6.84. The van der Waals surface area contributed by atoms with Gasteiger partial charge in [0, 0.05) is 38.8 Å². The Balaban J connectivity index is 1.80. The normalized spacial score (nSPS) is 18.7. The molecule has 1 saturated heterocycles. The van der Waals surface area contributed by atoms with Gasteiger partial charge in [-0.3, -0.25) is 4.90 Å². The number of benzene rings is 1. The average Bonchev–Trinajstić information content (AvgIpc) is 2.50. The van der Waals surface area contributed by atoms with Crippen LogP contribution in [-0.2, 0) is 0 Å². The number of hydrogen-bond acceptors (Lipinski definition) is 4. The second kappa shape index (κ2) is 7.78. The molecule has 1 heterocycles. The smallest absolute Gasteiger partial charge is 0.122 e. The first kappa shape index (κ1) is 16.3. The van der Waals surface area contributed by atoms with Gasteiger partial charge in [-0.1, -0.05) is 12.1 Å². The zero-order chi connectivity index (χ0) is 15.2. The van der Waals surface area contributed by atoms with Crippen LogP contribution in [0.1, 0.15) is 24.1 Å². The molecule has 1 aromatic carbocycles. The Hall–Kier alpha value is -1.10. The molecule has 4 heteroatoms. The van der Waals surface area contributed by atoms with Crippen LogP contribution in [0.2, 0.25) is 0 Å². The maximum absolute atomic E-state index is 5.96. The number of aryl methyl sites for hydroxylation is 1. The number of piperazine rings is 1. The average molecular weight is 291 g/mol. The largest absolute Gasteiger partial charge is 0.492 e. The Labute approximate surface area is 129 Å². The minimum atomic E-state index is 0.378. The highest BCUT2D eigenvalue weighted by atomic mass is 16.5. The molecule has 0 radical (unpaired) electrons. The van der Waals surface area contributed by atoms with Crippen LogP contribution in [0.3, 0.4) is 0 Å². The number of nitrogens with one attached hydrogen (secondary N) is 1. The van der Waals surface area contributed by atoms with E-state index in [0.717, 1.165) is 45.1 Å². The third-order valence-electron chi connectivity index (χ3n) is 4.39. The van der Waals surface area contributed by atoms with Crippen LogP contribution in [0.15, 0.2) is 18.2 Å². The van der Waals surface area contributed by atoms with Crippen LogP contribution in [-0.4, -0.2) is 63.2 Å². The summed E-state index contributed by atoms with van der Waals surface area (Å²) in [5.74, 6) is 1.01. The molecule has 0 aromatic heterocycles. The molecule has 21 heavy (non-hydrogen) atoms. The molecule has 0 bridgehead atoms. The third kappa shape index (κ3) is 4.70. The van der Waals surface area contributed by atoms with Gasteiger partial charge in [0.15, 0.2) is 0 Å². The van der Waals surface area contributed by atoms with E-state index in [1.807, 2.05) is 7.05 Å². The Morgan fingerprint density at radius 1 is 1.24 bits per heavy atom. The summed E-state index contributed by atoms with van der Waals surface area (Å²) >= 11 is 0. The molecule has 2 rings (SSSR count). The first-order chi connectivity index (χ1) is 10.1. The predicted molar refractivity (Wildman–Crippen MR) is 88.1 cm³/mol. The summed E-state index contributed by atoms with van der Waals surface area (Å²) in [5.41, 5.74) is 2.52. The van der Waals surface area contributed by atoms with Crippen LogP contribution in [0.5, 0.6) is 5.75 Å². The molecule has 4 nitrogen and oxygen atoms in total. The number of rotatable bonds is 6. The van der Waals surface area contributed by atoms with Crippen LogP contribution in [0.4, 0.5) is 0 Å². The Bertz CT molecular complexity index is 442. The Kier molecular flexibility index (Phi) is 6.03. The van der Waals surface area contributed by atoms with Gasteiger partial charge in [0.25, 0.3) is 0 Å². The van der Waals surface area contributed by atoms with E-state index in [-0.39, 0.29) is 0 Å². The standard InChI is InChI=1S/C17H29N3O/c1-14-13-16(15(2)18-3)5-6-17(14)21-12-11-20-9-7-19(4)8-10-20/h5-6,13,15,18H,7-12H2,1-4H3. The van der Waals surface area contributed by atoms with Crippen molar-refractivity contribution in [3.63, 3.8) is 0 Å². The van der Waals surface area contributed by atoms with E-state index < -0.39 is 0 Å². The second-order valence-electron chi connectivity index (χ2n) is 6.03. The van der Waals surface area contributed by atoms with Gasteiger partial charge in [-0.2, -0.15) is 0 Å². The van der Waals surface area contributed by atoms with Gasteiger partial charge in [-0.05, 0) is 45.1 Å². The van der Waals surface area contributed by atoms with Gasteiger partial charge in [0.05, 0.1) is 0 Å². The first-order valence-electron chi connectivity index (χ1n) is 7.91. The van der Waals surface area contributed by atoms with Gasteiger partial charge in [-0.25, -0.2) is 0 Å². The maximum Gasteiger partial charge on any atom is 0.122 e. The van der Waals surface area contributed by atoms with Crippen molar-refractivity contribution in [3.05, 3.63) is 29.3 Å². The summed E-state index contributed by atoms with van der Waals surface area (Å²) < 4.78 is 5.96. The third-order valence-corrected chi connectivity index (χ3v) is 4.39. The van der Waals surface area contributed by atoms with E-state index in [0.29, 0.717) is 6.04 Å². The van der Waals surface area contributed by atoms with Crippen molar-refractivity contribution in [2.75, 3.05) is 53.4 Å². The first-order valence-corrected chi connectivity index (χ1v) is 7.91. The van der Waals surface area contributed by atoms with Crippen molar-refractivity contribution in [2.24, 2.45) is 0 Å². The SMILES string of the molecule is CNC(C)c1ccc(OCCN2CCN(C)CC2)c(C)c1. The fourth-order valence-corrected chi connectivity index (χ4v) is 2.63. The summed E-state index contributed by atoms with van der Waals surface area (Å²) in [6.45, 7) is 10.7. The highest BCUT2D eigenvalue weighted by Gasteiger charge is 2.13. The quantitative estimate of drug-likeness (QED) is 0.866. The lowest BCUT2D eigenvalue weighted by molar-refractivity contribution is 0.133. The topological polar surface area (TPSA) is 27.7 Å². The number of ether oxygens (including phenoxy) is 1. The molecule has 1 aliphatic rings. The molecule has 0 amide bonds. The van der Waals surface area contributed by atoms with Gasteiger partial charge in [-0.15, -0.1) is 0 Å². The summed E-state index contributed by atoms with van der Waals surface area (Å²) in [6.07, 6.45) is 0. The molecule has 1 atom stereocenters. The molecule has 1 N–H and O–H groups in total. The van der Waals surface area contributed by atoms with Crippen molar-refractivity contribution in [1.82, 2.24) is 15.1 Å². The van der Waals surface area contributed by atoms with Gasteiger partial charge in [0.1, 0.15) is 12.4 Å². The van der Waals surface area contributed by atoms with Crippen LogP contribution in [0.25, 0.3) is 0 Å². The fraction of sp³-hybridized carbons (Fsp3) is 0.647. The molecule has 1 aliphatic heterocycles. The minimum absolute atomic E-state index is 0.378. The van der Waals surface area contributed by atoms with E-state index in [1.54, 1.807) is 0 Å². The van der Waals surface area contributed by atoms with E-state index in [2.05, 4.69) is 54.2 Å². The van der Waals surface area contributed by atoms with Crippen molar-refractivity contribution < 1.29 is 4.74 Å². The molecule has 1 unspecified atom stereocenters. The monoisotopic (exact) mass is 291 g/mol. The lowest BCUT2D eigenvalue weighted by atomic mass is 10.1. The van der Waals surface area contributed by atoms with E-state index >= 15 is 0 Å².